The number of hydrogen-bond acceptors (Lipinski definition) is 5. The van der Waals surface area contributed by atoms with Crippen molar-refractivity contribution in [3.8, 4) is 0 Å². The quantitative estimate of drug-likeness (QED) is 0.277. The second-order valence-electron chi connectivity index (χ2n) is 8.29. The highest BCUT2D eigenvalue weighted by Gasteiger charge is 2.25. The van der Waals surface area contributed by atoms with Crippen molar-refractivity contribution in [2.24, 2.45) is 16.6 Å². The van der Waals surface area contributed by atoms with Gasteiger partial charge in [-0.2, -0.15) is 0 Å². The number of anilines is 1. The Kier molecular flexibility index (Phi) is 9.54. The van der Waals surface area contributed by atoms with Gasteiger partial charge in [-0.3, -0.25) is 9.79 Å². The number of aliphatic imine (C=N–C) groups is 1. The van der Waals surface area contributed by atoms with Gasteiger partial charge in [0.05, 0.1) is 0 Å². The highest BCUT2D eigenvalue weighted by molar-refractivity contribution is 14.0. The number of guanidine groups is 1. The number of carbonyl (C=O) groups is 1. The van der Waals surface area contributed by atoms with Gasteiger partial charge >= 0.3 is 0 Å². The van der Waals surface area contributed by atoms with E-state index in [9.17, 15) is 4.79 Å². The first kappa shape index (κ1) is 25.4. The summed E-state index contributed by atoms with van der Waals surface area (Å²) >= 11 is 1.78. The van der Waals surface area contributed by atoms with E-state index in [4.69, 9.17) is 5.73 Å². The number of nitrogens with zero attached hydrogens (tertiary/aromatic N) is 3. The molecule has 0 aromatic carbocycles. The zero-order chi connectivity index (χ0) is 21.6. The number of hydrogen-bond donors (Lipinski definition) is 3. The molecule has 0 spiro atoms. The van der Waals surface area contributed by atoms with Crippen LogP contribution < -0.4 is 21.3 Å². The Morgan fingerprint density at radius 1 is 1.29 bits per heavy atom. The second-order valence-corrected chi connectivity index (χ2v) is 9.24. The molecule has 1 aliphatic heterocycles. The van der Waals surface area contributed by atoms with Crippen LogP contribution >= 0.6 is 35.3 Å². The van der Waals surface area contributed by atoms with Crippen molar-refractivity contribution in [2.45, 2.75) is 38.6 Å². The molecular weight excluding hydrogens is 523 g/mol. The lowest BCUT2D eigenvalue weighted by atomic mass is 9.91. The summed E-state index contributed by atoms with van der Waals surface area (Å²) < 4.78 is 0. The van der Waals surface area contributed by atoms with Crippen LogP contribution in [0, 0.1) is 5.92 Å². The maximum atomic E-state index is 11.4. The topological polar surface area (TPSA) is 95.6 Å². The number of aromatic nitrogens is 1. The van der Waals surface area contributed by atoms with Crippen LogP contribution in [0.25, 0.3) is 0 Å². The van der Waals surface area contributed by atoms with E-state index in [2.05, 4.69) is 62.9 Å². The smallest absolute Gasteiger partial charge is 0.220 e. The number of pyridine rings is 1. The summed E-state index contributed by atoms with van der Waals surface area (Å²) in [6.45, 7) is 7.45. The third-order valence-corrected chi connectivity index (χ3v) is 6.86. The van der Waals surface area contributed by atoms with Gasteiger partial charge < -0.3 is 21.3 Å². The van der Waals surface area contributed by atoms with E-state index in [-0.39, 0.29) is 41.2 Å². The summed E-state index contributed by atoms with van der Waals surface area (Å²) in [7, 11) is 1.78. The SMILES string of the molecule is CN=C(NCc1cccnc1N1CCC(C(N)=O)CC1)NCC(C)(C)c1cccs1.I. The molecule has 1 fully saturated rings. The van der Waals surface area contributed by atoms with E-state index in [1.165, 1.54) is 4.88 Å². The van der Waals surface area contributed by atoms with Gasteiger partial charge in [-0.05, 0) is 30.4 Å². The molecule has 0 radical (unpaired) electrons. The first-order valence-electron chi connectivity index (χ1n) is 10.4. The first-order valence-corrected chi connectivity index (χ1v) is 11.3. The molecular formula is C22H33IN6OS. The summed E-state index contributed by atoms with van der Waals surface area (Å²) in [6.07, 6.45) is 3.37. The molecule has 9 heteroatoms. The van der Waals surface area contributed by atoms with Crippen LogP contribution in [0.5, 0.6) is 0 Å². The number of halogens is 1. The van der Waals surface area contributed by atoms with Gasteiger partial charge in [-0.25, -0.2) is 4.98 Å². The van der Waals surface area contributed by atoms with Gasteiger partial charge in [0.25, 0.3) is 0 Å². The summed E-state index contributed by atoms with van der Waals surface area (Å²) in [5.74, 6) is 1.50. The lowest BCUT2D eigenvalue weighted by Gasteiger charge is -2.32. The van der Waals surface area contributed by atoms with E-state index >= 15 is 0 Å². The molecule has 2 aromatic rings. The van der Waals surface area contributed by atoms with Crippen molar-refractivity contribution in [2.75, 3.05) is 31.6 Å². The standard InChI is InChI=1S/C22H32N6OS.HI/c1-22(2,18-7-5-13-30-18)15-27-21(24-3)26-14-17-6-4-10-25-20(17)28-11-8-16(9-12-28)19(23)29;/h4-7,10,13,16H,8-9,11-12,14-15H2,1-3H3,(H2,23,29)(H2,24,26,27);1H. The molecule has 2 aromatic heterocycles. The van der Waals surface area contributed by atoms with Crippen LogP contribution in [0.15, 0.2) is 40.8 Å². The lowest BCUT2D eigenvalue weighted by molar-refractivity contribution is -0.122. The Bertz CT molecular complexity index is 863. The summed E-state index contributed by atoms with van der Waals surface area (Å²) in [6, 6.07) is 8.29. The molecule has 1 aliphatic rings. The Morgan fingerprint density at radius 3 is 2.65 bits per heavy atom. The average Bonchev–Trinajstić information content (AvgIpc) is 3.30. The molecule has 3 rings (SSSR count). The molecule has 1 amide bonds. The molecule has 1 saturated heterocycles. The minimum absolute atomic E-state index is 0. The third-order valence-electron chi connectivity index (χ3n) is 5.62. The fourth-order valence-corrected chi connectivity index (χ4v) is 4.54. The highest BCUT2D eigenvalue weighted by atomic mass is 127. The van der Waals surface area contributed by atoms with Gasteiger partial charge in [0.1, 0.15) is 5.82 Å². The summed E-state index contributed by atoms with van der Waals surface area (Å²) in [5, 5.41) is 8.97. The minimum atomic E-state index is -0.196. The molecule has 0 bridgehead atoms. The van der Waals surface area contributed by atoms with Crippen molar-refractivity contribution in [3.63, 3.8) is 0 Å². The van der Waals surface area contributed by atoms with Crippen LogP contribution in [0.1, 0.15) is 37.1 Å². The Labute approximate surface area is 205 Å². The normalized spacial score (nSPS) is 15.3. The predicted octanol–water partition coefficient (Wildman–Crippen LogP) is 3.11. The molecule has 3 heterocycles. The van der Waals surface area contributed by atoms with Crippen molar-refractivity contribution < 1.29 is 4.79 Å². The number of rotatable bonds is 7. The number of carbonyl (C=O) groups excluding carboxylic acids is 1. The van der Waals surface area contributed by atoms with Crippen molar-refractivity contribution in [3.05, 3.63) is 46.3 Å². The van der Waals surface area contributed by atoms with Gasteiger partial charge in [-0.1, -0.05) is 26.0 Å². The van der Waals surface area contributed by atoms with E-state index in [0.29, 0.717) is 6.54 Å². The van der Waals surface area contributed by atoms with Crippen LogP contribution in [-0.4, -0.2) is 43.5 Å². The number of amides is 1. The van der Waals surface area contributed by atoms with E-state index in [1.54, 1.807) is 18.4 Å². The number of primary amides is 1. The van der Waals surface area contributed by atoms with Crippen molar-refractivity contribution in [1.82, 2.24) is 15.6 Å². The van der Waals surface area contributed by atoms with Crippen LogP contribution in [-0.2, 0) is 16.8 Å². The monoisotopic (exact) mass is 556 g/mol. The second kappa shape index (κ2) is 11.7. The van der Waals surface area contributed by atoms with Gasteiger partial charge in [-0.15, -0.1) is 35.3 Å². The Morgan fingerprint density at radius 2 is 2.03 bits per heavy atom. The van der Waals surface area contributed by atoms with E-state index in [1.807, 2.05) is 12.3 Å². The van der Waals surface area contributed by atoms with Crippen LogP contribution in [0.2, 0.25) is 0 Å². The van der Waals surface area contributed by atoms with Gasteiger partial charge in [0.15, 0.2) is 5.96 Å². The Hall–Kier alpha value is -1.88. The molecule has 31 heavy (non-hydrogen) atoms. The van der Waals surface area contributed by atoms with Crippen LogP contribution in [0.3, 0.4) is 0 Å². The first-order chi connectivity index (χ1) is 14.4. The third kappa shape index (κ3) is 6.80. The van der Waals surface area contributed by atoms with Crippen LogP contribution in [0.4, 0.5) is 5.82 Å². The zero-order valence-electron chi connectivity index (χ0n) is 18.4. The van der Waals surface area contributed by atoms with E-state index < -0.39 is 0 Å². The molecule has 7 nitrogen and oxygen atoms in total. The fraction of sp³-hybridized carbons (Fsp3) is 0.500. The minimum Gasteiger partial charge on any atom is -0.369 e. The Balaban J connectivity index is 0.00000341. The maximum absolute atomic E-state index is 11.4. The highest BCUT2D eigenvalue weighted by Crippen LogP contribution is 2.27. The molecule has 0 unspecified atom stereocenters. The van der Waals surface area contributed by atoms with Crippen molar-refractivity contribution in [1.29, 1.82) is 0 Å². The fourth-order valence-electron chi connectivity index (χ4n) is 3.68. The van der Waals surface area contributed by atoms with Crippen molar-refractivity contribution >= 4 is 53.0 Å². The van der Waals surface area contributed by atoms with E-state index in [0.717, 1.165) is 49.8 Å². The molecule has 170 valence electrons. The zero-order valence-corrected chi connectivity index (χ0v) is 21.6. The molecule has 0 aliphatic carbocycles. The number of piperidine rings is 1. The number of nitrogens with two attached hydrogens (primary N) is 1. The summed E-state index contributed by atoms with van der Waals surface area (Å²) in [4.78, 5) is 24.0. The predicted molar refractivity (Wildman–Crippen MR) is 139 cm³/mol. The largest absolute Gasteiger partial charge is 0.369 e. The summed E-state index contributed by atoms with van der Waals surface area (Å²) in [5.41, 5.74) is 6.60. The molecule has 4 N–H and O–H groups in total. The number of thiophene rings is 1. The molecule has 0 saturated carbocycles. The number of nitrogens with one attached hydrogen (secondary N) is 2. The van der Waals surface area contributed by atoms with Gasteiger partial charge in [0.2, 0.25) is 5.91 Å². The average molecular weight is 557 g/mol. The molecule has 0 atom stereocenters. The maximum Gasteiger partial charge on any atom is 0.220 e. The van der Waals surface area contributed by atoms with Gasteiger partial charge in [0, 0.05) is 61.2 Å². The lowest BCUT2D eigenvalue weighted by Crippen LogP contribution is -2.43.